The molecule has 0 bridgehead atoms. The van der Waals surface area contributed by atoms with Gasteiger partial charge in [-0.3, -0.25) is 4.99 Å². The van der Waals surface area contributed by atoms with Crippen LogP contribution in [0.15, 0.2) is 28.1 Å². The fourth-order valence-electron chi connectivity index (χ4n) is 1.60. The third-order valence-corrected chi connectivity index (χ3v) is 3.62. The molecule has 12 heavy (non-hydrogen) atoms. The fourth-order valence-corrected chi connectivity index (χ4v) is 3.19. The number of dihydropyridines is 1. The van der Waals surface area contributed by atoms with Crippen molar-refractivity contribution in [2.75, 3.05) is 0 Å². The van der Waals surface area contributed by atoms with Crippen LogP contribution in [0.2, 0.25) is 0 Å². The van der Waals surface area contributed by atoms with Crippen LogP contribution in [0.4, 0.5) is 0 Å². The molecular formula is C9H10ClNS. The van der Waals surface area contributed by atoms with Crippen molar-refractivity contribution in [3.05, 3.63) is 23.1 Å². The summed E-state index contributed by atoms with van der Waals surface area (Å²) in [6, 6.07) is 0. The van der Waals surface area contributed by atoms with Gasteiger partial charge in [0.2, 0.25) is 0 Å². The van der Waals surface area contributed by atoms with Crippen molar-refractivity contribution >= 4 is 28.5 Å². The van der Waals surface area contributed by atoms with Gasteiger partial charge >= 0.3 is 0 Å². The third kappa shape index (κ3) is 1.23. The first kappa shape index (κ1) is 8.39. The van der Waals surface area contributed by atoms with E-state index in [4.69, 9.17) is 11.6 Å². The summed E-state index contributed by atoms with van der Waals surface area (Å²) in [6.07, 6.45) is 6.25. The predicted molar refractivity (Wildman–Crippen MR) is 55.7 cm³/mol. The average molecular weight is 200 g/mol. The maximum absolute atomic E-state index is 5.85. The lowest BCUT2D eigenvalue weighted by Crippen LogP contribution is -2.26. The van der Waals surface area contributed by atoms with Crippen molar-refractivity contribution in [1.29, 1.82) is 0 Å². The summed E-state index contributed by atoms with van der Waals surface area (Å²) in [7, 11) is 0. The number of nitrogens with zero attached hydrogens (tertiary/aromatic N) is 1. The van der Waals surface area contributed by atoms with Crippen molar-refractivity contribution in [3.63, 3.8) is 0 Å². The second-order valence-corrected chi connectivity index (χ2v) is 5.32. The molecule has 0 spiro atoms. The molecule has 2 rings (SSSR count). The maximum atomic E-state index is 5.85. The Morgan fingerprint density at radius 3 is 3.17 bits per heavy atom. The van der Waals surface area contributed by atoms with E-state index in [2.05, 4.69) is 31.0 Å². The van der Waals surface area contributed by atoms with Crippen LogP contribution in [-0.4, -0.2) is 10.0 Å². The van der Waals surface area contributed by atoms with Crippen LogP contribution in [-0.2, 0) is 0 Å². The first-order valence-corrected chi connectivity index (χ1v) is 5.10. The number of halogens is 1. The van der Waals surface area contributed by atoms with Gasteiger partial charge < -0.3 is 0 Å². The van der Waals surface area contributed by atoms with Crippen molar-refractivity contribution in [2.45, 2.75) is 18.7 Å². The summed E-state index contributed by atoms with van der Waals surface area (Å²) in [5, 5.41) is 0.615. The molecule has 0 aliphatic carbocycles. The Balaban J connectivity index is 2.37. The molecule has 0 aromatic rings. The van der Waals surface area contributed by atoms with Gasteiger partial charge in [-0.2, -0.15) is 0 Å². The standard InChI is InChI=1S/C9H10ClNS/c1-6-5-7-3-4-8(10)11-9(7,2)12-6/h3-5,7H,1-2H3. The molecular weight excluding hydrogens is 190 g/mol. The Labute approximate surface area is 81.6 Å². The van der Waals surface area contributed by atoms with E-state index in [0.29, 0.717) is 11.1 Å². The first-order valence-electron chi connectivity index (χ1n) is 3.91. The van der Waals surface area contributed by atoms with Crippen LogP contribution >= 0.6 is 23.4 Å². The van der Waals surface area contributed by atoms with E-state index in [1.807, 2.05) is 6.08 Å². The number of allylic oxidation sites excluding steroid dienone is 2. The average Bonchev–Trinajstić information content (AvgIpc) is 2.22. The maximum Gasteiger partial charge on any atom is 0.124 e. The van der Waals surface area contributed by atoms with E-state index >= 15 is 0 Å². The normalized spacial score (nSPS) is 39.1. The lowest BCUT2D eigenvalue weighted by molar-refractivity contribution is 0.588. The lowest BCUT2D eigenvalue weighted by Gasteiger charge is -2.26. The molecule has 0 aromatic carbocycles. The van der Waals surface area contributed by atoms with Crippen LogP contribution in [0.1, 0.15) is 13.8 Å². The third-order valence-electron chi connectivity index (χ3n) is 2.17. The van der Waals surface area contributed by atoms with Gasteiger partial charge in [-0.25, -0.2) is 0 Å². The Morgan fingerprint density at radius 1 is 1.67 bits per heavy atom. The van der Waals surface area contributed by atoms with Crippen LogP contribution in [0.25, 0.3) is 0 Å². The predicted octanol–water partition coefficient (Wildman–Crippen LogP) is 3.18. The Morgan fingerprint density at radius 2 is 2.42 bits per heavy atom. The molecule has 64 valence electrons. The monoisotopic (exact) mass is 199 g/mol. The van der Waals surface area contributed by atoms with E-state index in [1.54, 1.807) is 11.8 Å². The van der Waals surface area contributed by atoms with Gasteiger partial charge in [0.1, 0.15) is 10.0 Å². The molecule has 0 fully saturated rings. The smallest absolute Gasteiger partial charge is 0.124 e. The van der Waals surface area contributed by atoms with Crippen LogP contribution in [0, 0.1) is 5.92 Å². The summed E-state index contributed by atoms with van der Waals surface area (Å²) in [6.45, 7) is 4.24. The molecule has 0 saturated carbocycles. The lowest BCUT2D eigenvalue weighted by atomic mass is 9.98. The van der Waals surface area contributed by atoms with Gasteiger partial charge in [0.05, 0.1) is 0 Å². The number of hydrogen-bond donors (Lipinski definition) is 0. The van der Waals surface area contributed by atoms with Crippen LogP contribution in [0.3, 0.4) is 0 Å². The Bertz CT molecular complexity index is 306. The minimum absolute atomic E-state index is 0.0735. The molecule has 0 radical (unpaired) electrons. The molecule has 0 saturated heterocycles. The van der Waals surface area contributed by atoms with Crippen molar-refractivity contribution < 1.29 is 0 Å². The summed E-state index contributed by atoms with van der Waals surface area (Å²) in [5.74, 6) is 0.421. The molecule has 2 heterocycles. The second kappa shape index (κ2) is 2.64. The van der Waals surface area contributed by atoms with Crippen LogP contribution in [0.5, 0.6) is 0 Å². The highest BCUT2D eigenvalue weighted by Gasteiger charge is 2.38. The SMILES string of the molecule is CC1=CC2C=CC(Cl)=NC2(C)S1. The topological polar surface area (TPSA) is 12.4 Å². The molecule has 0 aromatic heterocycles. The molecule has 0 amide bonds. The molecule has 2 aliphatic heterocycles. The molecule has 2 aliphatic rings. The van der Waals surface area contributed by atoms with Gasteiger partial charge in [0, 0.05) is 5.92 Å². The Kier molecular flexibility index (Phi) is 1.85. The summed E-state index contributed by atoms with van der Waals surface area (Å²) in [5.41, 5.74) is 0. The summed E-state index contributed by atoms with van der Waals surface area (Å²) < 4.78 is 0. The molecule has 2 atom stereocenters. The van der Waals surface area contributed by atoms with Crippen LogP contribution < -0.4 is 0 Å². The molecule has 1 nitrogen and oxygen atoms in total. The quantitative estimate of drug-likeness (QED) is 0.584. The van der Waals surface area contributed by atoms with Crippen molar-refractivity contribution in [3.8, 4) is 0 Å². The van der Waals surface area contributed by atoms with E-state index in [9.17, 15) is 0 Å². The first-order chi connectivity index (χ1) is 5.60. The van der Waals surface area contributed by atoms with Gasteiger partial charge in [0.25, 0.3) is 0 Å². The minimum Gasteiger partial charge on any atom is -0.255 e. The largest absolute Gasteiger partial charge is 0.255 e. The zero-order chi connectivity index (χ0) is 8.77. The highest BCUT2D eigenvalue weighted by Crippen LogP contribution is 2.48. The summed E-state index contributed by atoms with van der Waals surface area (Å²) >= 11 is 7.64. The number of rotatable bonds is 0. The highest BCUT2D eigenvalue weighted by atomic mass is 35.5. The molecule has 0 N–H and O–H groups in total. The second-order valence-electron chi connectivity index (χ2n) is 3.25. The van der Waals surface area contributed by atoms with E-state index < -0.39 is 0 Å². The van der Waals surface area contributed by atoms with Gasteiger partial charge in [0.15, 0.2) is 0 Å². The van der Waals surface area contributed by atoms with E-state index in [0.717, 1.165) is 0 Å². The van der Waals surface area contributed by atoms with Gasteiger partial charge in [-0.15, -0.1) is 11.8 Å². The Hall–Kier alpha value is -0.210. The number of hydrogen-bond acceptors (Lipinski definition) is 2. The number of fused-ring (bicyclic) bond motifs is 1. The summed E-state index contributed by atoms with van der Waals surface area (Å²) in [4.78, 5) is 5.69. The zero-order valence-electron chi connectivity index (χ0n) is 7.04. The highest BCUT2D eigenvalue weighted by molar-refractivity contribution is 8.04. The van der Waals surface area contributed by atoms with Crippen molar-refractivity contribution in [1.82, 2.24) is 0 Å². The van der Waals surface area contributed by atoms with E-state index in [-0.39, 0.29) is 4.87 Å². The number of aliphatic imine (C=N–C) groups is 1. The van der Waals surface area contributed by atoms with Crippen molar-refractivity contribution in [2.24, 2.45) is 10.9 Å². The van der Waals surface area contributed by atoms with Gasteiger partial charge in [-0.1, -0.05) is 23.8 Å². The fraction of sp³-hybridized carbons (Fsp3) is 0.444. The number of thioether (sulfide) groups is 1. The molecule has 2 unspecified atom stereocenters. The molecule has 3 heteroatoms. The van der Waals surface area contributed by atoms with Gasteiger partial charge in [-0.05, 0) is 24.8 Å². The zero-order valence-corrected chi connectivity index (χ0v) is 8.62. The minimum atomic E-state index is -0.0735. The van der Waals surface area contributed by atoms with E-state index in [1.165, 1.54) is 4.91 Å².